The summed E-state index contributed by atoms with van der Waals surface area (Å²) in [6.45, 7) is 3.48. The zero-order valence-corrected chi connectivity index (χ0v) is 22.6. The zero-order chi connectivity index (χ0) is 26.6. The molecule has 0 aliphatic carbocycles. The molecule has 1 atom stereocenters. The van der Waals surface area contributed by atoms with E-state index in [0.717, 1.165) is 45.1 Å². The van der Waals surface area contributed by atoms with Gasteiger partial charge in [-0.2, -0.15) is 8.42 Å². The molecule has 37 heavy (non-hydrogen) atoms. The number of nitrogens with zero attached hydrogens (tertiary/aromatic N) is 1. The number of hydrogen-bond donors (Lipinski definition) is 1. The largest absolute Gasteiger partial charge is 0.386 e. The van der Waals surface area contributed by atoms with E-state index in [4.69, 9.17) is 15.8 Å². The fourth-order valence-electron chi connectivity index (χ4n) is 4.13. The molecule has 0 aliphatic heterocycles. The summed E-state index contributed by atoms with van der Waals surface area (Å²) in [6, 6.07) is 24.9. The topological polar surface area (TPSA) is 76.5 Å². The molecule has 0 radical (unpaired) electrons. The smallest absolute Gasteiger partial charge is 0.264 e. The average Bonchev–Trinajstić information content (AvgIpc) is 2.84. The van der Waals surface area contributed by atoms with Crippen LogP contribution in [0.3, 0.4) is 0 Å². The van der Waals surface area contributed by atoms with Crippen LogP contribution in [0.1, 0.15) is 54.3 Å². The first-order valence-electron chi connectivity index (χ1n) is 12.0. The number of rotatable bonds is 9. The first-order valence-corrected chi connectivity index (χ1v) is 14.2. The standard InChI is InChI=1S/C30H30ClNO4S/c1-30(2,33)25-9-5-7-22(19-25)11-17-29(36-37(3,34)35)24-8-4-6-21(18-24)10-15-27-16-13-23-12-14-26(31)20-28(23)32-27/h4-10,12-16,18-20,29,33H,11,17H2,1-3H3/t29-/m0/s1. The van der Waals surface area contributed by atoms with Crippen LogP contribution < -0.4 is 0 Å². The maximum Gasteiger partial charge on any atom is 0.264 e. The maximum absolute atomic E-state index is 12.1. The highest BCUT2D eigenvalue weighted by atomic mass is 35.5. The Morgan fingerprint density at radius 2 is 1.76 bits per heavy atom. The van der Waals surface area contributed by atoms with Gasteiger partial charge in [0.25, 0.3) is 10.1 Å². The molecule has 192 valence electrons. The van der Waals surface area contributed by atoms with Gasteiger partial charge in [0.1, 0.15) is 6.10 Å². The molecule has 3 aromatic carbocycles. The minimum absolute atomic E-state index is 0.461. The van der Waals surface area contributed by atoms with Crippen molar-refractivity contribution in [3.8, 4) is 0 Å². The van der Waals surface area contributed by atoms with Crippen molar-refractivity contribution in [2.75, 3.05) is 6.26 Å². The van der Waals surface area contributed by atoms with Gasteiger partial charge in [0.15, 0.2) is 0 Å². The van der Waals surface area contributed by atoms with Crippen molar-refractivity contribution in [2.24, 2.45) is 0 Å². The van der Waals surface area contributed by atoms with Gasteiger partial charge >= 0.3 is 0 Å². The second kappa shape index (κ2) is 11.2. The number of halogens is 1. The Bertz CT molecular complexity index is 1540. The molecule has 1 N–H and O–H groups in total. The van der Waals surface area contributed by atoms with Gasteiger partial charge in [-0.15, -0.1) is 0 Å². The van der Waals surface area contributed by atoms with Crippen molar-refractivity contribution in [1.29, 1.82) is 0 Å². The lowest BCUT2D eigenvalue weighted by atomic mass is 9.94. The molecular weight excluding hydrogens is 506 g/mol. The molecule has 0 saturated carbocycles. The molecule has 0 spiro atoms. The number of aryl methyl sites for hydroxylation is 1. The van der Waals surface area contributed by atoms with Crippen molar-refractivity contribution in [1.82, 2.24) is 4.98 Å². The second-order valence-corrected chi connectivity index (χ2v) is 11.7. The van der Waals surface area contributed by atoms with E-state index in [1.807, 2.05) is 91.0 Å². The monoisotopic (exact) mass is 535 g/mol. The highest BCUT2D eigenvalue weighted by Crippen LogP contribution is 2.28. The normalized spacial score (nSPS) is 13.3. The van der Waals surface area contributed by atoms with E-state index in [1.54, 1.807) is 13.8 Å². The van der Waals surface area contributed by atoms with E-state index in [9.17, 15) is 13.5 Å². The van der Waals surface area contributed by atoms with Crippen LogP contribution >= 0.6 is 11.6 Å². The quantitative estimate of drug-likeness (QED) is 0.235. The summed E-state index contributed by atoms with van der Waals surface area (Å²) in [6.07, 6.45) is 5.32. The lowest BCUT2D eigenvalue weighted by Gasteiger charge is -2.20. The Kier molecular flexibility index (Phi) is 8.14. The summed E-state index contributed by atoms with van der Waals surface area (Å²) in [5.74, 6) is 0. The van der Waals surface area contributed by atoms with Gasteiger partial charge in [0, 0.05) is 10.4 Å². The van der Waals surface area contributed by atoms with Crippen LogP contribution in [-0.2, 0) is 26.3 Å². The van der Waals surface area contributed by atoms with Crippen LogP contribution in [-0.4, -0.2) is 24.8 Å². The zero-order valence-electron chi connectivity index (χ0n) is 21.1. The Labute approximate surface area is 223 Å². The molecule has 4 aromatic rings. The lowest BCUT2D eigenvalue weighted by molar-refractivity contribution is 0.0785. The van der Waals surface area contributed by atoms with Crippen molar-refractivity contribution in [3.63, 3.8) is 0 Å². The summed E-state index contributed by atoms with van der Waals surface area (Å²) < 4.78 is 29.6. The first kappa shape index (κ1) is 27.0. The van der Waals surface area contributed by atoms with E-state index >= 15 is 0 Å². The molecule has 0 saturated heterocycles. The molecule has 5 nitrogen and oxygen atoms in total. The van der Waals surface area contributed by atoms with E-state index in [2.05, 4.69) is 4.98 Å². The summed E-state index contributed by atoms with van der Waals surface area (Å²) in [4.78, 5) is 4.65. The van der Waals surface area contributed by atoms with Crippen molar-refractivity contribution >= 4 is 44.8 Å². The third kappa shape index (κ3) is 7.73. The molecule has 1 aromatic heterocycles. The van der Waals surface area contributed by atoms with Gasteiger partial charge in [-0.1, -0.05) is 72.3 Å². The second-order valence-electron chi connectivity index (χ2n) is 9.66. The van der Waals surface area contributed by atoms with Crippen LogP contribution in [0.25, 0.3) is 23.1 Å². The number of pyridine rings is 1. The van der Waals surface area contributed by atoms with E-state index in [1.165, 1.54) is 0 Å². The van der Waals surface area contributed by atoms with Crippen LogP contribution in [0, 0.1) is 0 Å². The van der Waals surface area contributed by atoms with Crippen molar-refractivity contribution in [2.45, 2.75) is 38.4 Å². The Balaban J connectivity index is 1.55. The number of benzene rings is 3. The molecule has 1 heterocycles. The van der Waals surface area contributed by atoms with Crippen LogP contribution in [0.15, 0.2) is 78.9 Å². The Hall–Kier alpha value is -3.03. The van der Waals surface area contributed by atoms with Crippen LogP contribution in [0.5, 0.6) is 0 Å². The highest BCUT2D eigenvalue weighted by molar-refractivity contribution is 7.86. The SMILES string of the molecule is CC(C)(O)c1cccc(CC[C@H](OS(C)(=O)=O)c2cccc(C=Cc3ccc4ccc(Cl)cc4n3)c2)c1. The van der Waals surface area contributed by atoms with E-state index in [0.29, 0.717) is 17.9 Å². The van der Waals surface area contributed by atoms with Gasteiger partial charge in [0.2, 0.25) is 0 Å². The van der Waals surface area contributed by atoms with Gasteiger partial charge in [-0.25, -0.2) is 4.98 Å². The van der Waals surface area contributed by atoms with Crippen LogP contribution in [0.4, 0.5) is 0 Å². The average molecular weight is 536 g/mol. The molecule has 0 unspecified atom stereocenters. The number of fused-ring (bicyclic) bond motifs is 1. The van der Waals surface area contributed by atoms with Gasteiger partial charge in [-0.3, -0.25) is 4.18 Å². The number of aliphatic hydroxyl groups is 1. The van der Waals surface area contributed by atoms with Gasteiger partial charge < -0.3 is 5.11 Å². The minimum atomic E-state index is -3.68. The molecule has 0 bridgehead atoms. The predicted octanol–water partition coefficient (Wildman–Crippen LogP) is 6.94. The van der Waals surface area contributed by atoms with E-state index < -0.39 is 21.8 Å². The maximum atomic E-state index is 12.1. The molecule has 0 aliphatic rings. The fourth-order valence-corrected chi connectivity index (χ4v) is 4.93. The third-order valence-electron chi connectivity index (χ3n) is 6.02. The highest BCUT2D eigenvalue weighted by Gasteiger charge is 2.20. The van der Waals surface area contributed by atoms with Crippen molar-refractivity contribution in [3.05, 3.63) is 112 Å². The lowest BCUT2D eigenvalue weighted by Crippen LogP contribution is -2.16. The summed E-state index contributed by atoms with van der Waals surface area (Å²) in [5.41, 5.74) is 4.13. The molecular formula is C30H30ClNO4S. The fraction of sp³-hybridized carbons (Fsp3) is 0.233. The molecule has 4 rings (SSSR count). The van der Waals surface area contributed by atoms with Crippen LogP contribution in [0.2, 0.25) is 5.02 Å². The summed E-state index contributed by atoms with van der Waals surface area (Å²) in [5, 5.41) is 12.0. The van der Waals surface area contributed by atoms with Gasteiger partial charge in [0.05, 0.1) is 23.1 Å². The summed E-state index contributed by atoms with van der Waals surface area (Å²) in [7, 11) is -3.68. The Morgan fingerprint density at radius 3 is 2.51 bits per heavy atom. The first-order chi connectivity index (χ1) is 17.5. The summed E-state index contributed by atoms with van der Waals surface area (Å²) >= 11 is 6.11. The third-order valence-corrected chi connectivity index (χ3v) is 6.84. The number of aromatic nitrogens is 1. The Morgan fingerprint density at radius 1 is 1.00 bits per heavy atom. The molecule has 0 amide bonds. The van der Waals surface area contributed by atoms with E-state index in [-0.39, 0.29) is 0 Å². The molecule has 0 fully saturated rings. The van der Waals surface area contributed by atoms with Gasteiger partial charge in [-0.05, 0) is 79.3 Å². The molecule has 7 heteroatoms. The minimum Gasteiger partial charge on any atom is -0.386 e. The number of hydrogen-bond acceptors (Lipinski definition) is 5. The predicted molar refractivity (Wildman–Crippen MR) is 151 cm³/mol. The van der Waals surface area contributed by atoms with Crippen molar-refractivity contribution < 1.29 is 17.7 Å².